The molecule has 3 rings (SSSR count). The van der Waals surface area contributed by atoms with E-state index in [1.165, 1.54) is 0 Å². The van der Waals surface area contributed by atoms with Gasteiger partial charge in [0, 0.05) is 0 Å². The van der Waals surface area contributed by atoms with E-state index in [0.717, 1.165) is 44.1 Å². The largest absolute Gasteiger partial charge is 0.493 e. The number of rotatable bonds is 5. The molecule has 0 bridgehead atoms. The number of benzene rings is 1. The lowest BCUT2D eigenvalue weighted by Crippen LogP contribution is -2.21. The molecular formula is C20H25NO4. The first-order valence-electron chi connectivity index (χ1n) is 9.14. The van der Waals surface area contributed by atoms with Crippen molar-refractivity contribution in [3.8, 4) is 17.6 Å². The maximum Gasteiger partial charge on any atom is 0.306 e. The minimum Gasteiger partial charge on any atom is -0.493 e. The molecule has 2 saturated carbocycles. The molecule has 2 fully saturated rings. The summed E-state index contributed by atoms with van der Waals surface area (Å²) in [5, 5.41) is 19.0. The van der Waals surface area contributed by atoms with Gasteiger partial charge in [0.25, 0.3) is 0 Å². The highest BCUT2D eigenvalue weighted by atomic mass is 16.5. The summed E-state index contributed by atoms with van der Waals surface area (Å²) >= 11 is 0. The van der Waals surface area contributed by atoms with Gasteiger partial charge in [0.2, 0.25) is 0 Å². The highest BCUT2D eigenvalue weighted by Crippen LogP contribution is 2.43. The topological polar surface area (TPSA) is 79.5 Å². The van der Waals surface area contributed by atoms with Crippen LogP contribution in [0.2, 0.25) is 0 Å². The molecule has 25 heavy (non-hydrogen) atoms. The van der Waals surface area contributed by atoms with Crippen molar-refractivity contribution in [3.63, 3.8) is 0 Å². The molecule has 1 aromatic rings. The minimum atomic E-state index is -0.709. The van der Waals surface area contributed by atoms with Gasteiger partial charge in [-0.15, -0.1) is 0 Å². The average molecular weight is 343 g/mol. The number of aliphatic carboxylic acids is 1. The van der Waals surface area contributed by atoms with Crippen LogP contribution in [0.15, 0.2) is 12.1 Å². The van der Waals surface area contributed by atoms with E-state index in [1.54, 1.807) is 7.11 Å². The van der Waals surface area contributed by atoms with Crippen LogP contribution < -0.4 is 9.47 Å². The molecule has 0 saturated heterocycles. The van der Waals surface area contributed by atoms with E-state index < -0.39 is 5.97 Å². The Morgan fingerprint density at radius 3 is 2.40 bits per heavy atom. The third kappa shape index (κ3) is 3.73. The Kier molecular flexibility index (Phi) is 5.47. The van der Waals surface area contributed by atoms with Crippen molar-refractivity contribution < 1.29 is 19.4 Å². The van der Waals surface area contributed by atoms with Crippen LogP contribution in [0.1, 0.15) is 68.4 Å². The Labute approximate surface area is 148 Å². The zero-order chi connectivity index (χ0) is 17.8. The van der Waals surface area contributed by atoms with Crippen molar-refractivity contribution in [2.75, 3.05) is 7.11 Å². The van der Waals surface area contributed by atoms with Crippen LogP contribution in [0.3, 0.4) is 0 Å². The van der Waals surface area contributed by atoms with Gasteiger partial charge in [-0.2, -0.15) is 5.26 Å². The Morgan fingerprint density at radius 2 is 1.84 bits per heavy atom. The molecule has 0 atom stereocenters. The lowest BCUT2D eigenvalue weighted by atomic mass is 9.77. The van der Waals surface area contributed by atoms with Gasteiger partial charge in [-0.25, -0.2) is 0 Å². The fourth-order valence-electron chi connectivity index (χ4n) is 4.14. The normalized spacial score (nSPS) is 23.8. The van der Waals surface area contributed by atoms with Gasteiger partial charge in [0.05, 0.1) is 19.1 Å². The van der Waals surface area contributed by atoms with Gasteiger partial charge in [-0.1, -0.05) is 6.07 Å². The lowest BCUT2D eigenvalue weighted by Gasteiger charge is -2.28. The monoisotopic (exact) mass is 343 g/mol. The Bertz CT molecular complexity index is 665. The van der Waals surface area contributed by atoms with Crippen molar-refractivity contribution >= 4 is 5.97 Å². The van der Waals surface area contributed by atoms with Crippen molar-refractivity contribution in [1.82, 2.24) is 0 Å². The van der Waals surface area contributed by atoms with Gasteiger partial charge in [0.15, 0.2) is 11.5 Å². The quantitative estimate of drug-likeness (QED) is 0.864. The van der Waals surface area contributed by atoms with Crippen LogP contribution in [0, 0.1) is 17.2 Å². The molecule has 0 unspecified atom stereocenters. The third-order valence-corrected chi connectivity index (χ3v) is 5.59. The standard InChI is InChI=1S/C20H25NO4/c1-24-18-11-10-16(13-6-8-14(9-7-13)20(22)23)17(12-21)19(18)25-15-4-2-3-5-15/h10-11,13-15H,2-9H2,1H3,(H,22,23). The smallest absolute Gasteiger partial charge is 0.306 e. The molecule has 5 heteroatoms. The number of carboxylic acids is 1. The van der Waals surface area contributed by atoms with Crippen LogP contribution >= 0.6 is 0 Å². The molecule has 0 aliphatic heterocycles. The second kappa shape index (κ2) is 7.77. The fourth-order valence-corrected chi connectivity index (χ4v) is 4.14. The van der Waals surface area contributed by atoms with Crippen molar-refractivity contribution in [3.05, 3.63) is 23.3 Å². The molecule has 2 aliphatic carbocycles. The number of hydrogen-bond acceptors (Lipinski definition) is 4. The predicted octanol–water partition coefficient (Wildman–Crippen LogP) is 4.25. The van der Waals surface area contributed by atoms with E-state index in [4.69, 9.17) is 9.47 Å². The van der Waals surface area contributed by atoms with Crippen LogP contribution in [-0.2, 0) is 4.79 Å². The van der Waals surface area contributed by atoms with Crippen LogP contribution in [0.5, 0.6) is 11.5 Å². The van der Waals surface area contributed by atoms with Gasteiger partial charge < -0.3 is 14.6 Å². The number of nitriles is 1. The molecule has 0 aromatic heterocycles. The Hall–Kier alpha value is -2.22. The molecule has 5 nitrogen and oxygen atoms in total. The molecule has 0 radical (unpaired) electrons. The maximum absolute atomic E-state index is 11.2. The number of nitrogens with zero attached hydrogens (tertiary/aromatic N) is 1. The first kappa shape index (κ1) is 17.6. The van der Waals surface area contributed by atoms with E-state index in [-0.39, 0.29) is 17.9 Å². The summed E-state index contributed by atoms with van der Waals surface area (Å²) in [6.07, 6.45) is 7.41. The Balaban J connectivity index is 1.87. The number of ether oxygens (including phenoxy) is 2. The third-order valence-electron chi connectivity index (χ3n) is 5.59. The van der Waals surface area contributed by atoms with Crippen LogP contribution in [0.25, 0.3) is 0 Å². The number of methoxy groups -OCH3 is 1. The van der Waals surface area contributed by atoms with Gasteiger partial charge >= 0.3 is 5.97 Å². The van der Waals surface area contributed by atoms with Crippen LogP contribution in [-0.4, -0.2) is 24.3 Å². The zero-order valence-corrected chi connectivity index (χ0v) is 14.7. The van der Waals surface area contributed by atoms with E-state index >= 15 is 0 Å². The second-order valence-electron chi connectivity index (χ2n) is 7.08. The summed E-state index contributed by atoms with van der Waals surface area (Å²) in [5.74, 6) is 0.413. The van der Waals surface area contributed by atoms with E-state index in [0.29, 0.717) is 29.9 Å². The van der Waals surface area contributed by atoms with E-state index in [9.17, 15) is 15.2 Å². The van der Waals surface area contributed by atoms with E-state index in [2.05, 4.69) is 6.07 Å². The summed E-state index contributed by atoms with van der Waals surface area (Å²) < 4.78 is 11.6. The first-order chi connectivity index (χ1) is 12.1. The number of carboxylic acid groups (broad SMARTS) is 1. The second-order valence-corrected chi connectivity index (χ2v) is 7.08. The molecule has 0 spiro atoms. The summed E-state index contributed by atoms with van der Waals surface area (Å²) in [4.78, 5) is 11.2. The molecule has 1 aromatic carbocycles. The molecule has 0 heterocycles. The highest BCUT2D eigenvalue weighted by molar-refractivity contribution is 5.70. The Morgan fingerprint density at radius 1 is 1.16 bits per heavy atom. The molecular weight excluding hydrogens is 318 g/mol. The average Bonchev–Trinajstić information content (AvgIpc) is 3.14. The predicted molar refractivity (Wildman–Crippen MR) is 92.9 cm³/mol. The highest BCUT2D eigenvalue weighted by Gasteiger charge is 2.30. The molecule has 134 valence electrons. The van der Waals surface area contributed by atoms with E-state index in [1.807, 2.05) is 12.1 Å². The van der Waals surface area contributed by atoms with Gasteiger partial charge in [0.1, 0.15) is 11.6 Å². The SMILES string of the molecule is COc1ccc(C2CCC(C(=O)O)CC2)c(C#N)c1OC1CCCC1. The minimum absolute atomic E-state index is 0.152. The summed E-state index contributed by atoms with van der Waals surface area (Å²) in [5.41, 5.74) is 1.53. The number of hydrogen-bond donors (Lipinski definition) is 1. The van der Waals surface area contributed by atoms with Crippen molar-refractivity contribution in [1.29, 1.82) is 5.26 Å². The zero-order valence-electron chi connectivity index (χ0n) is 14.7. The summed E-state index contributed by atoms with van der Waals surface area (Å²) in [7, 11) is 1.59. The van der Waals surface area contributed by atoms with Gasteiger partial charge in [-0.05, 0) is 68.9 Å². The summed E-state index contributed by atoms with van der Waals surface area (Å²) in [6, 6.07) is 6.15. The number of carbonyl (C=O) groups is 1. The summed E-state index contributed by atoms with van der Waals surface area (Å²) in [6.45, 7) is 0. The maximum atomic E-state index is 11.2. The fraction of sp³-hybridized carbons (Fsp3) is 0.600. The first-order valence-corrected chi connectivity index (χ1v) is 9.14. The van der Waals surface area contributed by atoms with Crippen molar-refractivity contribution in [2.45, 2.75) is 63.4 Å². The van der Waals surface area contributed by atoms with Gasteiger partial charge in [-0.3, -0.25) is 4.79 Å². The molecule has 2 aliphatic rings. The molecule has 0 amide bonds. The van der Waals surface area contributed by atoms with Crippen molar-refractivity contribution in [2.24, 2.45) is 5.92 Å². The lowest BCUT2D eigenvalue weighted by molar-refractivity contribution is -0.142. The molecule has 1 N–H and O–H groups in total. The van der Waals surface area contributed by atoms with Crippen LogP contribution in [0.4, 0.5) is 0 Å².